The fourth-order valence-electron chi connectivity index (χ4n) is 15.1. The molecule has 0 unspecified atom stereocenters. The Kier molecular flexibility index (Phi) is 11.8. The van der Waals surface area contributed by atoms with Gasteiger partial charge in [-0.15, -0.1) is 0 Å². The smallest absolute Gasteiger partial charge is 0.306 e. The van der Waals surface area contributed by atoms with Crippen molar-refractivity contribution in [1.29, 1.82) is 0 Å². The second-order valence-electron chi connectivity index (χ2n) is 21.6. The maximum Gasteiger partial charge on any atom is 0.306 e. The van der Waals surface area contributed by atoms with Gasteiger partial charge >= 0.3 is 11.9 Å². The number of allylic oxidation sites excluding steroid dienone is 1. The molecule has 7 nitrogen and oxygen atoms in total. The molecular weight excluding hydrogens is 661 g/mol. The minimum Gasteiger partial charge on any atom is -0.481 e. The number of carboxylic acid groups (broad SMARTS) is 1. The van der Waals surface area contributed by atoms with Gasteiger partial charge < -0.3 is 24.8 Å². The van der Waals surface area contributed by atoms with E-state index in [1.807, 2.05) is 13.8 Å². The first kappa shape index (κ1) is 41.2. The number of ether oxygens (including phenoxy) is 2. The molecule has 10 atom stereocenters. The van der Waals surface area contributed by atoms with Gasteiger partial charge in [-0.25, -0.2) is 0 Å². The van der Waals surface area contributed by atoms with Crippen molar-refractivity contribution in [3.05, 3.63) is 12.2 Å². The number of methoxy groups -OCH3 is 1. The van der Waals surface area contributed by atoms with Crippen LogP contribution in [0.4, 0.5) is 0 Å². The van der Waals surface area contributed by atoms with Gasteiger partial charge in [-0.1, -0.05) is 60.6 Å². The van der Waals surface area contributed by atoms with E-state index in [0.29, 0.717) is 40.0 Å². The summed E-state index contributed by atoms with van der Waals surface area (Å²) in [6.07, 6.45) is 16.4. The van der Waals surface area contributed by atoms with Crippen molar-refractivity contribution in [2.24, 2.45) is 62.1 Å². The number of piperidine rings is 1. The first-order valence-corrected chi connectivity index (χ1v) is 21.8. The van der Waals surface area contributed by atoms with E-state index in [9.17, 15) is 14.7 Å². The second kappa shape index (κ2) is 15.1. The maximum atomic E-state index is 13.3. The van der Waals surface area contributed by atoms with Crippen LogP contribution in [0.1, 0.15) is 152 Å². The highest BCUT2D eigenvalue weighted by Crippen LogP contribution is 2.78. The van der Waals surface area contributed by atoms with Crippen LogP contribution in [0.15, 0.2) is 12.2 Å². The van der Waals surface area contributed by atoms with Crippen LogP contribution in [0.2, 0.25) is 0 Å². The molecular formula is C46H78N2O5. The van der Waals surface area contributed by atoms with Gasteiger partial charge in [0.15, 0.2) is 0 Å². The monoisotopic (exact) mass is 739 g/mol. The minimum atomic E-state index is -0.866. The Morgan fingerprint density at radius 2 is 1.58 bits per heavy atom. The van der Waals surface area contributed by atoms with Crippen molar-refractivity contribution in [3.8, 4) is 0 Å². The molecule has 0 bridgehead atoms. The molecule has 0 spiro atoms. The van der Waals surface area contributed by atoms with Crippen LogP contribution in [0.25, 0.3) is 0 Å². The van der Waals surface area contributed by atoms with E-state index in [0.717, 1.165) is 44.4 Å². The highest BCUT2D eigenvalue weighted by molar-refractivity contribution is 5.73. The first-order chi connectivity index (χ1) is 24.8. The number of hydrogen-bond acceptors (Lipinski definition) is 6. The number of fused-ring (bicyclic) bond motifs is 7. The van der Waals surface area contributed by atoms with E-state index in [1.54, 1.807) is 7.11 Å². The fraction of sp³-hybridized carbons (Fsp3) is 0.913. The van der Waals surface area contributed by atoms with Crippen LogP contribution in [0.5, 0.6) is 0 Å². The molecule has 0 aromatic heterocycles. The number of carboxylic acids is 1. The summed E-state index contributed by atoms with van der Waals surface area (Å²) in [5.74, 6) is 2.23. The average Bonchev–Trinajstić information content (AvgIpc) is 3.45. The molecule has 1 heterocycles. The van der Waals surface area contributed by atoms with Gasteiger partial charge in [0.25, 0.3) is 0 Å². The molecule has 6 aliphatic rings. The van der Waals surface area contributed by atoms with E-state index in [-0.39, 0.29) is 35.7 Å². The van der Waals surface area contributed by atoms with Crippen molar-refractivity contribution in [1.82, 2.24) is 10.2 Å². The van der Waals surface area contributed by atoms with E-state index in [4.69, 9.17) is 9.47 Å². The first-order valence-electron chi connectivity index (χ1n) is 21.8. The van der Waals surface area contributed by atoms with Crippen molar-refractivity contribution >= 4 is 11.9 Å². The highest BCUT2D eigenvalue weighted by atomic mass is 16.5. The number of nitrogens with one attached hydrogen (secondary N) is 1. The molecule has 5 saturated carbocycles. The lowest BCUT2D eigenvalue weighted by atomic mass is 9.32. The lowest BCUT2D eigenvalue weighted by Gasteiger charge is -2.73. The van der Waals surface area contributed by atoms with Crippen LogP contribution >= 0.6 is 0 Å². The van der Waals surface area contributed by atoms with E-state index < -0.39 is 11.4 Å². The molecule has 7 heteroatoms. The molecule has 6 rings (SSSR count). The third-order valence-corrected chi connectivity index (χ3v) is 18.0. The normalized spacial score (nSPS) is 41.5. The Balaban J connectivity index is 1.16. The number of rotatable bonds is 13. The number of likely N-dealkylation sites (tertiary alicyclic amines) is 1. The van der Waals surface area contributed by atoms with E-state index >= 15 is 0 Å². The zero-order chi connectivity index (χ0) is 38.6. The summed E-state index contributed by atoms with van der Waals surface area (Å²) in [6, 6.07) is 0.646. The molecule has 1 aliphatic heterocycles. The second-order valence-corrected chi connectivity index (χ2v) is 21.6. The lowest BCUT2D eigenvalue weighted by molar-refractivity contribution is -0.250. The van der Waals surface area contributed by atoms with Gasteiger partial charge in [-0.3, -0.25) is 9.59 Å². The lowest BCUT2D eigenvalue weighted by Crippen LogP contribution is -2.66. The number of aliphatic carboxylic acids is 1. The Bertz CT molecular complexity index is 1350. The summed E-state index contributed by atoms with van der Waals surface area (Å²) in [7, 11) is 1.80. The van der Waals surface area contributed by atoms with Crippen LogP contribution in [0, 0.1) is 62.1 Å². The van der Waals surface area contributed by atoms with Crippen molar-refractivity contribution in [2.45, 2.75) is 164 Å². The molecule has 1 saturated heterocycles. The molecule has 302 valence electrons. The quantitative estimate of drug-likeness (QED) is 0.144. The highest BCUT2D eigenvalue weighted by Gasteiger charge is 2.71. The maximum absolute atomic E-state index is 13.3. The molecule has 53 heavy (non-hydrogen) atoms. The summed E-state index contributed by atoms with van der Waals surface area (Å²) in [5, 5.41) is 13.4. The number of nitrogens with zero attached hydrogens (tertiary/aromatic N) is 1. The van der Waals surface area contributed by atoms with Crippen molar-refractivity contribution in [3.63, 3.8) is 0 Å². The third-order valence-electron chi connectivity index (χ3n) is 18.0. The van der Waals surface area contributed by atoms with Gasteiger partial charge in [0.1, 0.15) is 6.10 Å². The van der Waals surface area contributed by atoms with Crippen molar-refractivity contribution < 1.29 is 24.2 Å². The molecule has 5 aliphatic carbocycles. The zero-order valence-corrected chi connectivity index (χ0v) is 35.4. The molecule has 2 N–H and O–H groups in total. The van der Waals surface area contributed by atoms with Crippen molar-refractivity contribution in [2.75, 3.05) is 39.9 Å². The Labute approximate surface area is 323 Å². The Morgan fingerprint density at radius 3 is 2.25 bits per heavy atom. The topological polar surface area (TPSA) is 88.1 Å². The summed E-state index contributed by atoms with van der Waals surface area (Å²) in [6.45, 7) is 29.0. The van der Waals surface area contributed by atoms with Gasteiger partial charge in [0, 0.05) is 25.1 Å². The molecule has 6 fully saturated rings. The van der Waals surface area contributed by atoms with Crippen LogP contribution in [0.3, 0.4) is 0 Å². The summed E-state index contributed by atoms with van der Waals surface area (Å²) in [5.41, 5.74) is 1.97. The number of esters is 1. The number of carbonyl (C=O) groups excluding carboxylic acids is 1. The predicted molar refractivity (Wildman–Crippen MR) is 213 cm³/mol. The van der Waals surface area contributed by atoms with Gasteiger partial charge in [0.2, 0.25) is 0 Å². The molecule has 0 aromatic carbocycles. The largest absolute Gasteiger partial charge is 0.481 e. The summed E-state index contributed by atoms with van der Waals surface area (Å²) in [4.78, 5) is 27.2. The van der Waals surface area contributed by atoms with E-state index in [2.05, 4.69) is 58.3 Å². The number of carbonyl (C=O) groups is 2. The van der Waals surface area contributed by atoms with Crippen LogP contribution in [-0.4, -0.2) is 74.0 Å². The average molecular weight is 739 g/mol. The van der Waals surface area contributed by atoms with Crippen LogP contribution in [-0.2, 0) is 19.1 Å². The van der Waals surface area contributed by atoms with E-state index in [1.165, 1.54) is 89.3 Å². The van der Waals surface area contributed by atoms with Gasteiger partial charge in [-0.05, 0) is 167 Å². The zero-order valence-electron chi connectivity index (χ0n) is 35.4. The molecule has 0 radical (unpaired) electrons. The standard InChI is InChI=1S/C46H78N2O5/c1-31(2)33-13-20-46(23-24-47-32-16-25-48(26-17-32)27-28-52-10)22-21-44(8)34(40(33)46)11-12-36-43(7)18-15-37(42(5,6)35(43)14-19-45(36,44)9)53-39(51)30-41(3,4)29-38(49)50/h32-37,40,47H,1,11-30H2,2-10H3,(H,49,50)/t33-,34+,35-,36+,37-,40+,43-,44+,45+,46+/m0/s1. The summed E-state index contributed by atoms with van der Waals surface area (Å²) >= 11 is 0. The minimum absolute atomic E-state index is 0.0295. The summed E-state index contributed by atoms with van der Waals surface area (Å²) < 4.78 is 11.6. The predicted octanol–water partition coefficient (Wildman–Crippen LogP) is 9.54. The van der Waals surface area contributed by atoms with Gasteiger partial charge in [0.05, 0.1) is 19.4 Å². The Morgan fingerprint density at radius 1 is 0.868 bits per heavy atom. The molecule has 0 amide bonds. The fourth-order valence-corrected chi connectivity index (χ4v) is 15.1. The third kappa shape index (κ3) is 7.44. The molecule has 0 aromatic rings. The SMILES string of the molecule is C=C(C)[C@@H]1CC[C@]2(CCNC3CCN(CCOC)CC3)CC[C@]3(C)[C@H](CC[C@@H]4[C@@]5(C)CC[C@H](OC(=O)CC(C)(C)CC(=O)O)C(C)(C)[C@@H]5CC[C@]43C)[C@@H]12. The van der Waals surface area contributed by atoms with Crippen LogP contribution < -0.4 is 5.32 Å². The van der Waals surface area contributed by atoms with Gasteiger partial charge in [-0.2, -0.15) is 0 Å². The Hall–Kier alpha value is -1.44. The number of hydrogen-bond donors (Lipinski definition) is 2.